The molecule has 7 heteroatoms. The lowest BCUT2D eigenvalue weighted by Gasteiger charge is -2.36. The van der Waals surface area contributed by atoms with Gasteiger partial charge in [0.15, 0.2) is 0 Å². The van der Waals surface area contributed by atoms with Crippen LogP contribution in [0.15, 0.2) is 12.1 Å². The molecule has 0 radical (unpaired) electrons. The van der Waals surface area contributed by atoms with E-state index in [1.54, 1.807) is 0 Å². The lowest BCUT2D eigenvalue weighted by molar-refractivity contribution is 0.157. The fourth-order valence-corrected chi connectivity index (χ4v) is 3.29. The summed E-state index contributed by atoms with van der Waals surface area (Å²) < 4.78 is 14.4. The van der Waals surface area contributed by atoms with Crippen molar-refractivity contribution in [3.8, 4) is 0 Å². The normalized spacial score (nSPS) is 16.6. The monoisotopic (exact) mass is 404 g/mol. The van der Waals surface area contributed by atoms with Gasteiger partial charge in [-0.2, -0.15) is 0 Å². The first-order valence-corrected chi connectivity index (χ1v) is 8.34. The summed E-state index contributed by atoms with van der Waals surface area (Å²) in [6, 6.07) is 2.95. The van der Waals surface area contributed by atoms with E-state index in [1.165, 1.54) is 12.1 Å². The van der Waals surface area contributed by atoms with Gasteiger partial charge in [0.2, 0.25) is 0 Å². The Hall–Kier alpha value is 0.230. The fourth-order valence-electron chi connectivity index (χ4n) is 2.84. The summed E-state index contributed by atoms with van der Waals surface area (Å²) >= 11 is 12.4. The van der Waals surface area contributed by atoms with Gasteiger partial charge >= 0.3 is 0 Å². The summed E-state index contributed by atoms with van der Waals surface area (Å²) in [7, 11) is 0. The summed E-state index contributed by atoms with van der Waals surface area (Å²) in [5.41, 5.74) is 0.562. The van der Waals surface area contributed by atoms with Crippen molar-refractivity contribution >= 4 is 48.0 Å². The Kier molecular flexibility index (Phi) is 11.1. The van der Waals surface area contributed by atoms with E-state index in [-0.39, 0.29) is 36.7 Å². The number of halogens is 5. The van der Waals surface area contributed by atoms with Crippen LogP contribution in [0, 0.1) is 11.7 Å². The maximum atomic E-state index is 14.4. The third kappa shape index (κ3) is 6.22. The van der Waals surface area contributed by atoms with Gasteiger partial charge in [0, 0.05) is 37.8 Å². The molecular formula is C16H25Cl4FN2. The molecule has 2 rings (SSSR count). The smallest absolute Gasteiger partial charge is 0.129 e. The molecule has 1 heterocycles. The first-order valence-electron chi connectivity index (χ1n) is 7.59. The summed E-state index contributed by atoms with van der Waals surface area (Å²) in [6.45, 7) is 8.04. The summed E-state index contributed by atoms with van der Waals surface area (Å²) in [6.07, 6.45) is 1.94. The predicted molar refractivity (Wildman–Crippen MR) is 102 cm³/mol. The van der Waals surface area contributed by atoms with Crippen molar-refractivity contribution in [3.63, 3.8) is 0 Å². The van der Waals surface area contributed by atoms with Crippen molar-refractivity contribution < 1.29 is 4.39 Å². The predicted octanol–water partition coefficient (Wildman–Crippen LogP) is 5.36. The Morgan fingerprint density at radius 2 is 1.74 bits per heavy atom. The zero-order chi connectivity index (χ0) is 15.4. The highest BCUT2D eigenvalue weighted by Crippen LogP contribution is 2.37. The molecule has 1 aliphatic rings. The van der Waals surface area contributed by atoms with E-state index in [4.69, 9.17) is 23.2 Å². The lowest BCUT2D eigenvalue weighted by Crippen LogP contribution is -2.45. The second kappa shape index (κ2) is 11.0. The number of nitrogens with zero attached hydrogens (tertiary/aromatic N) is 1. The van der Waals surface area contributed by atoms with Crippen LogP contribution in [0.25, 0.3) is 0 Å². The van der Waals surface area contributed by atoms with Crippen LogP contribution in [0.4, 0.5) is 4.39 Å². The molecule has 1 saturated heterocycles. The van der Waals surface area contributed by atoms with Crippen LogP contribution in [0.1, 0.15) is 38.3 Å². The van der Waals surface area contributed by atoms with Crippen LogP contribution in [-0.4, -0.2) is 31.1 Å². The van der Waals surface area contributed by atoms with Gasteiger partial charge in [0.1, 0.15) is 5.82 Å². The fraction of sp³-hybridized carbons (Fsp3) is 0.625. The minimum absolute atomic E-state index is 0. The zero-order valence-corrected chi connectivity index (χ0v) is 16.6. The number of hydrogen-bond acceptors (Lipinski definition) is 2. The molecule has 1 aliphatic heterocycles. The number of nitrogens with one attached hydrogen (secondary N) is 1. The van der Waals surface area contributed by atoms with E-state index in [9.17, 15) is 4.39 Å². The number of hydrogen-bond donors (Lipinski definition) is 1. The molecule has 134 valence electrons. The van der Waals surface area contributed by atoms with E-state index in [0.29, 0.717) is 21.5 Å². The highest BCUT2D eigenvalue weighted by Gasteiger charge is 2.27. The van der Waals surface area contributed by atoms with Gasteiger partial charge in [-0.25, -0.2) is 4.39 Å². The van der Waals surface area contributed by atoms with E-state index in [1.807, 2.05) is 0 Å². The molecule has 0 bridgehead atoms. The zero-order valence-electron chi connectivity index (χ0n) is 13.4. The highest BCUT2D eigenvalue weighted by atomic mass is 35.5. The molecule has 0 unspecified atom stereocenters. The molecule has 0 aromatic heterocycles. The van der Waals surface area contributed by atoms with Gasteiger partial charge < -0.3 is 5.32 Å². The van der Waals surface area contributed by atoms with Crippen molar-refractivity contribution in [1.82, 2.24) is 10.2 Å². The molecule has 2 nitrogen and oxygen atoms in total. The minimum atomic E-state index is -0.253. The van der Waals surface area contributed by atoms with Gasteiger partial charge in [-0.3, -0.25) is 4.90 Å². The SMILES string of the molecule is CC(C)CC[C@H](c1c(F)ccc(Cl)c1Cl)N1CCNCC1.Cl.Cl. The summed E-state index contributed by atoms with van der Waals surface area (Å²) in [5, 5.41) is 4.13. The van der Waals surface area contributed by atoms with Crippen molar-refractivity contribution in [2.45, 2.75) is 32.7 Å². The first-order chi connectivity index (χ1) is 10.0. The largest absolute Gasteiger partial charge is 0.314 e. The third-order valence-electron chi connectivity index (χ3n) is 4.02. The van der Waals surface area contributed by atoms with E-state index < -0.39 is 0 Å². The van der Waals surface area contributed by atoms with Gasteiger partial charge in [-0.05, 0) is 30.9 Å². The van der Waals surface area contributed by atoms with Gasteiger partial charge in [0.05, 0.1) is 10.0 Å². The van der Waals surface area contributed by atoms with Crippen LogP contribution >= 0.6 is 48.0 Å². The molecule has 1 fully saturated rings. The summed E-state index contributed by atoms with van der Waals surface area (Å²) in [5.74, 6) is 0.327. The first kappa shape index (κ1) is 23.2. The van der Waals surface area contributed by atoms with Gasteiger partial charge in [-0.15, -0.1) is 24.8 Å². The number of benzene rings is 1. The Morgan fingerprint density at radius 3 is 2.30 bits per heavy atom. The van der Waals surface area contributed by atoms with E-state index in [0.717, 1.165) is 39.0 Å². The standard InChI is InChI=1S/C16H23Cl2FN2.2ClH/c1-11(2)3-6-14(21-9-7-20-8-10-21)15-13(19)5-4-12(17)16(15)18;;/h4-5,11,14,20H,3,6-10H2,1-2H3;2*1H/t14-;;/m1../s1. The van der Waals surface area contributed by atoms with Crippen molar-refractivity contribution in [2.75, 3.05) is 26.2 Å². The Balaban J connectivity index is 0.00000242. The van der Waals surface area contributed by atoms with Crippen molar-refractivity contribution in [2.24, 2.45) is 5.92 Å². The van der Waals surface area contributed by atoms with Gasteiger partial charge in [-0.1, -0.05) is 37.0 Å². The van der Waals surface area contributed by atoms with Crippen LogP contribution in [0.3, 0.4) is 0 Å². The average Bonchev–Trinajstić information content (AvgIpc) is 2.47. The summed E-state index contributed by atoms with van der Waals surface area (Å²) in [4.78, 5) is 2.32. The molecule has 1 N–H and O–H groups in total. The molecule has 1 atom stereocenters. The van der Waals surface area contributed by atoms with Gasteiger partial charge in [0.25, 0.3) is 0 Å². The topological polar surface area (TPSA) is 15.3 Å². The number of rotatable bonds is 5. The molecule has 1 aromatic carbocycles. The Labute approximate surface area is 160 Å². The molecular weight excluding hydrogens is 381 g/mol. The molecule has 1 aromatic rings. The van der Waals surface area contributed by atoms with E-state index in [2.05, 4.69) is 24.1 Å². The van der Waals surface area contributed by atoms with Crippen LogP contribution in [-0.2, 0) is 0 Å². The highest BCUT2D eigenvalue weighted by molar-refractivity contribution is 6.42. The van der Waals surface area contributed by atoms with E-state index >= 15 is 0 Å². The maximum absolute atomic E-state index is 14.4. The average molecular weight is 406 g/mol. The third-order valence-corrected chi connectivity index (χ3v) is 4.84. The maximum Gasteiger partial charge on any atom is 0.129 e. The molecule has 0 saturated carbocycles. The van der Waals surface area contributed by atoms with Crippen LogP contribution in [0.5, 0.6) is 0 Å². The Morgan fingerprint density at radius 1 is 1.13 bits per heavy atom. The van der Waals surface area contributed by atoms with Crippen LogP contribution < -0.4 is 5.32 Å². The Bertz CT molecular complexity index is 479. The van der Waals surface area contributed by atoms with Crippen LogP contribution in [0.2, 0.25) is 10.0 Å². The quantitative estimate of drug-likeness (QED) is 0.663. The second-order valence-electron chi connectivity index (χ2n) is 6.03. The van der Waals surface area contributed by atoms with Crippen molar-refractivity contribution in [1.29, 1.82) is 0 Å². The lowest BCUT2D eigenvalue weighted by atomic mass is 9.95. The molecule has 0 spiro atoms. The molecule has 0 aliphatic carbocycles. The second-order valence-corrected chi connectivity index (χ2v) is 6.81. The van der Waals surface area contributed by atoms with Crippen molar-refractivity contribution in [3.05, 3.63) is 33.6 Å². The molecule has 0 amide bonds. The number of piperazine rings is 1. The minimum Gasteiger partial charge on any atom is -0.314 e. The molecule has 23 heavy (non-hydrogen) atoms.